The Morgan fingerprint density at radius 2 is 2.10 bits per heavy atom. The third-order valence-electron chi connectivity index (χ3n) is 3.73. The molecule has 0 aromatic carbocycles. The molecule has 0 saturated carbocycles. The molecule has 1 aliphatic rings. The van der Waals surface area contributed by atoms with E-state index in [0.29, 0.717) is 31.7 Å². The number of piperidine rings is 1. The SMILES string of the molecule is CC(C)CC(O)C1(C#N)CCCN(C(=O)OC(C)(C)C)C1. The largest absolute Gasteiger partial charge is 0.444 e. The topological polar surface area (TPSA) is 73.6 Å². The summed E-state index contributed by atoms with van der Waals surface area (Å²) in [6.07, 6.45) is 0.778. The van der Waals surface area contributed by atoms with Gasteiger partial charge in [-0.15, -0.1) is 0 Å². The second-order valence-electron chi connectivity index (χ2n) is 7.42. The molecule has 0 aromatic rings. The standard InChI is InChI=1S/C16H28N2O3/c1-12(2)9-13(19)16(10-17)7-6-8-18(11-16)14(20)21-15(3,4)5/h12-13,19H,6-9,11H2,1-5H3. The Labute approximate surface area is 127 Å². The fourth-order valence-electron chi connectivity index (χ4n) is 2.68. The minimum Gasteiger partial charge on any atom is -0.444 e. The second kappa shape index (κ2) is 6.65. The van der Waals surface area contributed by atoms with Crippen LogP contribution >= 0.6 is 0 Å². The molecular weight excluding hydrogens is 268 g/mol. The molecule has 1 amide bonds. The van der Waals surface area contributed by atoms with Crippen molar-refractivity contribution in [1.29, 1.82) is 5.26 Å². The van der Waals surface area contributed by atoms with Crippen LogP contribution in [-0.2, 0) is 4.74 Å². The van der Waals surface area contributed by atoms with Crippen LogP contribution in [-0.4, -0.2) is 40.9 Å². The van der Waals surface area contributed by atoms with E-state index in [0.717, 1.165) is 0 Å². The van der Waals surface area contributed by atoms with Gasteiger partial charge in [0.2, 0.25) is 0 Å². The van der Waals surface area contributed by atoms with Crippen molar-refractivity contribution in [3.63, 3.8) is 0 Å². The van der Waals surface area contributed by atoms with Gasteiger partial charge in [0.15, 0.2) is 0 Å². The number of aliphatic hydroxyl groups excluding tert-OH is 1. The van der Waals surface area contributed by atoms with Gasteiger partial charge in [-0.25, -0.2) is 4.79 Å². The van der Waals surface area contributed by atoms with Gasteiger partial charge >= 0.3 is 6.09 Å². The highest BCUT2D eigenvalue weighted by Gasteiger charge is 2.44. The zero-order valence-electron chi connectivity index (χ0n) is 13.8. The number of hydrogen-bond donors (Lipinski definition) is 1. The Balaban J connectivity index is 2.81. The smallest absolute Gasteiger partial charge is 0.410 e. The molecule has 120 valence electrons. The van der Waals surface area contributed by atoms with Gasteiger partial charge in [0.25, 0.3) is 0 Å². The number of likely N-dealkylation sites (tertiary alicyclic amines) is 1. The minimum absolute atomic E-state index is 0.242. The quantitative estimate of drug-likeness (QED) is 0.869. The molecule has 21 heavy (non-hydrogen) atoms. The average Bonchev–Trinajstić information content (AvgIpc) is 2.35. The molecule has 5 heteroatoms. The number of aliphatic hydroxyl groups is 1. The van der Waals surface area contributed by atoms with Gasteiger partial charge in [-0.2, -0.15) is 5.26 Å². The fourth-order valence-corrected chi connectivity index (χ4v) is 2.68. The summed E-state index contributed by atoms with van der Waals surface area (Å²) in [7, 11) is 0. The third kappa shape index (κ3) is 4.89. The predicted octanol–water partition coefficient (Wildman–Crippen LogP) is 2.93. The predicted molar refractivity (Wildman–Crippen MR) is 80.5 cm³/mol. The van der Waals surface area contributed by atoms with E-state index in [4.69, 9.17) is 4.74 Å². The lowest BCUT2D eigenvalue weighted by atomic mass is 9.74. The van der Waals surface area contributed by atoms with Crippen LogP contribution in [0.25, 0.3) is 0 Å². The fraction of sp³-hybridized carbons (Fsp3) is 0.875. The molecule has 0 bridgehead atoms. The van der Waals surface area contributed by atoms with Crippen LogP contribution in [0.2, 0.25) is 0 Å². The van der Waals surface area contributed by atoms with Crippen LogP contribution in [0.3, 0.4) is 0 Å². The molecule has 1 aliphatic heterocycles. The van der Waals surface area contributed by atoms with Crippen LogP contribution in [0.15, 0.2) is 0 Å². The Morgan fingerprint density at radius 3 is 2.57 bits per heavy atom. The van der Waals surface area contributed by atoms with Gasteiger partial charge in [-0.3, -0.25) is 0 Å². The van der Waals surface area contributed by atoms with Gasteiger partial charge < -0.3 is 14.7 Å². The van der Waals surface area contributed by atoms with Crippen LogP contribution in [0.1, 0.15) is 53.9 Å². The van der Waals surface area contributed by atoms with E-state index in [1.807, 2.05) is 34.6 Å². The van der Waals surface area contributed by atoms with Crippen molar-refractivity contribution >= 4 is 6.09 Å². The highest BCUT2D eigenvalue weighted by molar-refractivity contribution is 5.68. The van der Waals surface area contributed by atoms with Crippen molar-refractivity contribution in [3.8, 4) is 6.07 Å². The molecule has 2 unspecified atom stereocenters. The third-order valence-corrected chi connectivity index (χ3v) is 3.73. The van der Waals surface area contributed by atoms with E-state index in [1.54, 1.807) is 4.90 Å². The molecule has 0 spiro atoms. The van der Waals surface area contributed by atoms with Crippen LogP contribution in [0.4, 0.5) is 4.79 Å². The number of rotatable bonds is 3. The van der Waals surface area contributed by atoms with E-state index in [-0.39, 0.29) is 6.54 Å². The van der Waals surface area contributed by atoms with Crippen molar-refractivity contribution in [2.75, 3.05) is 13.1 Å². The van der Waals surface area contributed by atoms with Crippen molar-refractivity contribution < 1.29 is 14.6 Å². The van der Waals surface area contributed by atoms with Crippen LogP contribution in [0.5, 0.6) is 0 Å². The summed E-state index contributed by atoms with van der Waals surface area (Å²) in [6, 6.07) is 2.27. The molecule has 5 nitrogen and oxygen atoms in total. The first kappa shape index (κ1) is 17.8. The molecule has 0 radical (unpaired) electrons. The lowest BCUT2D eigenvalue weighted by Crippen LogP contribution is -2.52. The summed E-state index contributed by atoms with van der Waals surface area (Å²) in [5, 5.41) is 20.0. The highest BCUT2D eigenvalue weighted by atomic mass is 16.6. The maximum atomic E-state index is 12.2. The average molecular weight is 296 g/mol. The molecule has 2 atom stereocenters. The lowest BCUT2D eigenvalue weighted by molar-refractivity contribution is -0.0229. The molecule has 1 saturated heterocycles. The molecule has 0 aliphatic carbocycles. The summed E-state index contributed by atoms with van der Waals surface area (Å²) < 4.78 is 5.37. The zero-order chi connectivity index (χ0) is 16.3. The summed E-state index contributed by atoms with van der Waals surface area (Å²) in [5.74, 6) is 0.308. The summed E-state index contributed by atoms with van der Waals surface area (Å²) in [5.41, 5.74) is -1.43. The lowest BCUT2D eigenvalue weighted by Gasteiger charge is -2.41. The Kier molecular flexibility index (Phi) is 5.63. The number of hydrogen-bond acceptors (Lipinski definition) is 4. The minimum atomic E-state index is -0.876. The number of carbonyl (C=O) groups excluding carboxylic acids is 1. The summed E-state index contributed by atoms with van der Waals surface area (Å²) in [6.45, 7) is 10.3. The monoisotopic (exact) mass is 296 g/mol. The molecule has 1 N–H and O–H groups in total. The van der Waals surface area contributed by atoms with Gasteiger partial charge in [0, 0.05) is 13.1 Å². The first-order valence-electron chi connectivity index (χ1n) is 7.67. The maximum Gasteiger partial charge on any atom is 0.410 e. The molecule has 1 rings (SSSR count). The number of amides is 1. The number of nitrogens with zero attached hydrogens (tertiary/aromatic N) is 2. The van der Waals surface area contributed by atoms with Gasteiger partial charge in [-0.05, 0) is 46.0 Å². The van der Waals surface area contributed by atoms with Crippen molar-refractivity contribution in [2.45, 2.75) is 65.6 Å². The number of nitriles is 1. The van der Waals surface area contributed by atoms with Crippen LogP contribution in [0, 0.1) is 22.7 Å². The van der Waals surface area contributed by atoms with Gasteiger partial charge in [0.05, 0.1) is 12.2 Å². The van der Waals surface area contributed by atoms with Crippen molar-refractivity contribution in [2.24, 2.45) is 11.3 Å². The van der Waals surface area contributed by atoms with E-state index in [2.05, 4.69) is 6.07 Å². The van der Waals surface area contributed by atoms with Gasteiger partial charge in [-0.1, -0.05) is 13.8 Å². The van der Waals surface area contributed by atoms with E-state index < -0.39 is 23.2 Å². The van der Waals surface area contributed by atoms with Crippen LogP contribution < -0.4 is 0 Å². The summed E-state index contributed by atoms with van der Waals surface area (Å²) in [4.78, 5) is 13.7. The first-order chi connectivity index (χ1) is 9.59. The van der Waals surface area contributed by atoms with Crippen molar-refractivity contribution in [3.05, 3.63) is 0 Å². The van der Waals surface area contributed by atoms with E-state index in [1.165, 1.54) is 0 Å². The second-order valence-corrected chi connectivity index (χ2v) is 7.42. The van der Waals surface area contributed by atoms with Crippen molar-refractivity contribution in [1.82, 2.24) is 4.90 Å². The molecule has 0 aromatic heterocycles. The van der Waals surface area contributed by atoms with Gasteiger partial charge in [0.1, 0.15) is 11.0 Å². The van der Waals surface area contributed by atoms with E-state index in [9.17, 15) is 15.2 Å². The van der Waals surface area contributed by atoms with E-state index >= 15 is 0 Å². The molecule has 1 fully saturated rings. The number of ether oxygens (including phenoxy) is 1. The number of carbonyl (C=O) groups is 1. The zero-order valence-corrected chi connectivity index (χ0v) is 13.8. The maximum absolute atomic E-state index is 12.2. The Bertz CT molecular complexity index is 409. The molecular formula is C16H28N2O3. The normalized spacial score (nSPS) is 24.6. The molecule has 1 heterocycles. The Hall–Kier alpha value is -1.28. The Morgan fingerprint density at radius 1 is 1.48 bits per heavy atom. The first-order valence-corrected chi connectivity index (χ1v) is 7.67. The highest BCUT2D eigenvalue weighted by Crippen LogP contribution is 2.36. The summed E-state index contributed by atoms with van der Waals surface area (Å²) >= 11 is 0.